The van der Waals surface area contributed by atoms with Gasteiger partial charge in [0.2, 0.25) is 0 Å². The first-order valence-electron chi connectivity index (χ1n) is 1.73. The lowest BCUT2D eigenvalue weighted by molar-refractivity contribution is -0.336. The van der Waals surface area contributed by atoms with Crippen LogP contribution < -0.4 is 14.7 Å². The Morgan fingerprint density at radius 3 is 2.12 bits per heavy atom. The van der Waals surface area contributed by atoms with Crippen molar-refractivity contribution >= 4 is 16.0 Å². The minimum absolute atomic E-state index is 2.74. The number of hydrogen-bond acceptors (Lipinski definition) is 6. The molecule has 1 unspecified atom stereocenters. The normalized spacial score (nSPS) is 21.6. The lowest BCUT2D eigenvalue weighted by Crippen LogP contribution is -2.14. The third kappa shape index (κ3) is 6.30. The maximum atomic E-state index is 9.55. The first-order valence-corrected chi connectivity index (χ1v) is 3.83. The molecular weight excluding hydrogens is 158 g/mol. The summed E-state index contributed by atoms with van der Waals surface area (Å²) in [4.78, 5) is 28.4. The molecule has 0 aliphatic heterocycles. The van der Waals surface area contributed by atoms with Crippen molar-refractivity contribution in [3.05, 3.63) is 0 Å². The fraction of sp³-hybridized carbons (Fsp3) is 0. The smallest absolute Gasteiger partial charge is 0.127 e. The van der Waals surface area contributed by atoms with Gasteiger partial charge in [-0.25, -0.2) is 0 Å². The highest BCUT2D eigenvalue weighted by Gasteiger charge is 1.85. The average molecular weight is 160 g/mol. The summed E-state index contributed by atoms with van der Waals surface area (Å²) < 4.78 is 27.5. The van der Waals surface area contributed by atoms with Crippen LogP contribution in [0.3, 0.4) is 0 Å². The summed E-state index contributed by atoms with van der Waals surface area (Å²) in [6.45, 7) is 0. The molecule has 0 saturated heterocycles. The Labute approximate surface area is 46.6 Å². The molecule has 6 nitrogen and oxygen atoms in total. The van der Waals surface area contributed by atoms with Gasteiger partial charge in [-0.05, 0) is 0 Å². The maximum Gasteiger partial charge on any atom is 0.127 e. The summed E-state index contributed by atoms with van der Waals surface area (Å²) in [6, 6.07) is 0. The zero-order chi connectivity index (χ0) is 7.71. The zero-order valence-electron chi connectivity index (χ0n) is 4.34. The van der Waals surface area contributed by atoms with E-state index in [1.807, 2.05) is 0 Å². The molecule has 0 amide bonds. The number of rotatable bonds is 2. The molecule has 0 aliphatic rings. The molecular formula is HO6P2-3. The van der Waals surface area contributed by atoms with Crippen LogP contribution in [0.15, 0.2) is 0 Å². The Hall–Kier alpha value is 0.300. The third-order valence-corrected chi connectivity index (χ3v) is 1.50. The molecule has 0 saturated carbocycles. The van der Waals surface area contributed by atoms with Crippen LogP contribution in [0.5, 0.6) is 0 Å². The van der Waals surface area contributed by atoms with E-state index in [9.17, 15) is 23.8 Å². The average Bonchev–Trinajstić information content (AvgIpc) is 1.14. The Morgan fingerprint density at radius 1 is 1.75 bits per heavy atom. The van der Waals surface area contributed by atoms with Crippen LogP contribution >= 0.6 is 16.0 Å². The number of hydrogen-bond donors (Lipinski definition) is 0. The minimum atomic E-state index is -5.55. The lowest BCUT2D eigenvalue weighted by atomic mass is 15.7. The Kier molecular flexibility index (Phi) is 2.19. The van der Waals surface area contributed by atoms with Gasteiger partial charge in [-0.3, -0.25) is 0 Å². The van der Waals surface area contributed by atoms with Crippen molar-refractivity contribution in [3.63, 3.8) is 0 Å². The van der Waals surface area contributed by atoms with E-state index in [4.69, 9.17) is 1.28 Å². The van der Waals surface area contributed by atoms with Gasteiger partial charge in [-0.2, -0.15) is 0 Å². The Balaban J connectivity index is 4.07. The first-order chi connectivity index (χ1) is 3.71. The summed E-state index contributed by atoms with van der Waals surface area (Å²) in [7, 11) is -10.7. The Bertz CT molecular complexity index is 151. The van der Waals surface area contributed by atoms with Crippen molar-refractivity contribution in [1.82, 2.24) is 0 Å². The van der Waals surface area contributed by atoms with Gasteiger partial charge in [0.25, 0.3) is 0 Å². The van der Waals surface area contributed by atoms with Gasteiger partial charge in [0, 0.05) is 0 Å². The van der Waals surface area contributed by atoms with Gasteiger partial charge in [-0.1, -0.05) is 0 Å². The van der Waals surface area contributed by atoms with Crippen LogP contribution in [-0.4, -0.2) is 1.28 Å². The van der Waals surface area contributed by atoms with E-state index in [-0.39, 0.29) is 0 Å². The summed E-state index contributed by atoms with van der Waals surface area (Å²) in [5.74, 6) is 0. The summed E-state index contributed by atoms with van der Waals surface area (Å²) in [5, 5.41) is 0. The second-order valence-corrected chi connectivity index (χ2v) is 2.75. The van der Waals surface area contributed by atoms with Crippen LogP contribution in [-0.2, 0) is 13.4 Å². The van der Waals surface area contributed by atoms with E-state index in [0.717, 1.165) is 0 Å². The van der Waals surface area contributed by atoms with Crippen molar-refractivity contribution in [2.45, 2.75) is 0 Å². The van der Waals surface area contributed by atoms with E-state index in [1.54, 1.807) is 0 Å². The highest BCUT2D eigenvalue weighted by atomic mass is 31.2. The molecule has 0 spiro atoms. The summed E-state index contributed by atoms with van der Waals surface area (Å²) in [6.07, 6.45) is 0. The molecule has 0 N–H and O–H groups in total. The van der Waals surface area contributed by atoms with E-state index in [0.29, 0.717) is 0 Å². The molecule has 8 heteroatoms. The van der Waals surface area contributed by atoms with Gasteiger partial charge < -0.3 is 28.1 Å². The third-order valence-electron chi connectivity index (χ3n) is 0.167. The molecule has 0 heterocycles. The summed E-state index contributed by atoms with van der Waals surface area (Å²) >= 11 is 0. The predicted octanol–water partition coefficient (Wildman–Crippen LogP) is -2.42. The van der Waals surface area contributed by atoms with Crippen LogP contribution in [0.25, 0.3) is 0 Å². The SMILES string of the molecule is [2H]P(=O)([O-])OP(=O)([O-])[O-]. The quantitative estimate of drug-likeness (QED) is 0.415. The van der Waals surface area contributed by atoms with Crippen LogP contribution in [0.2, 0.25) is 0 Å². The van der Waals surface area contributed by atoms with E-state index >= 15 is 0 Å². The topological polar surface area (TPSA) is 113 Å². The van der Waals surface area contributed by atoms with Crippen molar-refractivity contribution in [2.24, 2.45) is 0 Å². The lowest BCUT2D eigenvalue weighted by Gasteiger charge is -2.29. The highest BCUT2D eigenvalue weighted by molar-refractivity contribution is 7.52. The van der Waals surface area contributed by atoms with Gasteiger partial charge in [-0.15, -0.1) is 0 Å². The molecule has 0 aromatic rings. The van der Waals surface area contributed by atoms with Crippen LogP contribution in [0.4, 0.5) is 0 Å². The Morgan fingerprint density at radius 2 is 2.12 bits per heavy atom. The van der Waals surface area contributed by atoms with Gasteiger partial charge in [0.05, 0.1) is 7.82 Å². The van der Waals surface area contributed by atoms with Crippen molar-refractivity contribution in [1.29, 1.82) is 1.28 Å². The first kappa shape index (κ1) is 6.42. The van der Waals surface area contributed by atoms with Gasteiger partial charge in [0.1, 0.15) is 9.48 Å². The maximum absolute atomic E-state index is 9.55. The molecule has 0 fully saturated rings. The molecule has 8 heavy (non-hydrogen) atoms. The second kappa shape index (κ2) is 2.73. The van der Waals surface area contributed by atoms with E-state index < -0.39 is 16.0 Å². The standard InChI is InChI=1S/H4O6P2/c1-7(2)6-8(3,4)5/h7H,(H,1,2)(H2,3,4,5)/p-3/i7D. The zero-order valence-corrected chi connectivity index (χ0v) is 5.13. The minimum Gasteiger partial charge on any atom is -0.790 e. The second-order valence-electron chi connectivity index (χ2n) is 0.752. The molecule has 0 aromatic carbocycles. The fourth-order valence-electron chi connectivity index (χ4n) is 0.0816. The van der Waals surface area contributed by atoms with E-state index in [1.165, 1.54) is 0 Å². The predicted molar refractivity (Wildman–Crippen MR) is 17.7 cm³/mol. The van der Waals surface area contributed by atoms with Crippen molar-refractivity contribution < 1.29 is 28.1 Å². The summed E-state index contributed by atoms with van der Waals surface area (Å²) in [5.41, 5.74) is 0. The van der Waals surface area contributed by atoms with Gasteiger partial charge in [0.15, 0.2) is 0 Å². The molecule has 1 atom stereocenters. The number of phosphoric acid groups is 1. The van der Waals surface area contributed by atoms with Crippen molar-refractivity contribution in [2.75, 3.05) is 0 Å². The molecule has 0 aromatic heterocycles. The van der Waals surface area contributed by atoms with Crippen molar-refractivity contribution in [3.8, 4) is 0 Å². The molecule has 50 valence electrons. The molecule has 0 radical (unpaired) electrons. The van der Waals surface area contributed by atoms with E-state index in [2.05, 4.69) is 4.31 Å². The fourth-order valence-corrected chi connectivity index (χ4v) is 0.735. The molecule has 0 aliphatic carbocycles. The van der Waals surface area contributed by atoms with Crippen LogP contribution in [0, 0.1) is 0 Å². The van der Waals surface area contributed by atoms with Crippen LogP contribution in [0.1, 0.15) is 0 Å². The van der Waals surface area contributed by atoms with Gasteiger partial charge >= 0.3 is 0 Å². The largest absolute Gasteiger partial charge is 0.790 e. The monoisotopic (exact) mass is 160 g/mol. The molecule has 0 bridgehead atoms. The highest BCUT2D eigenvalue weighted by Crippen LogP contribution is 2.35. The molecule has 0 rings (SSSR count).